The van der Waals surface area contributed by atoms with Crippen molar-refractivity contribution in [3.63, 3.8) is 0 Å². The lowest BCUT2D eigenvalue weighted by Crippen LogP contribution is -2.03. The monoisotopic (exact) mass is 328 g/mol. The quantitative estimate of drug-likeness (QED) is 0.846. The van der Waals surface area contributed by atoms with E-state index in [4.69, 9.17) is 5.11 Å². The number of hydrogen-bond acceptors (Lipinski definition) is 2. The average molecular weight is 329 g/mol. The number of carboxylic acid groups (broad SMARTS) is 1. The van der Waals surface area contributed by atoms with Gasteiger partial charge in [0.15, 0.2) is 0 Å². The van der Waals surface area contributed by atoms with Crippen molar-refractivity contribution in [2.75, 3.05) is 0 Å². The molecule has 2 nitrogen and oxygen atoms in total. The summed E-state index contributed by atoms with van der Waals surface area (Å²) < 4.78 is 37.3. The largest absolute Gasteiger partial charge is 0.481 e. The topological polar surface area (TPSA) is 37.3 Å². The fraction of sp³-hybridized carbons (Fsp3) is 0.300. The highest BCUT2D eigenvalue weighted by atomic mass is 79.9. The van der Waals surface area contributed by atoms with Gasteiger partial charge in [-0.1, -0.05) is 22.0 Å². The van der Waals surface area contributed by atoms with Gasteiger partial charge in [0, 0.05) is 15.8 Å². The van der Waals surface area contributed by atoms with E-state index < -0.39 is 11.5 Å². The van der Waals surface area contributed by atoms with Crippen LogP contribution in [-0.2, 0) is 11.2 Å². The van der Waals surface area contributed by atoms with Crippen LogP contribution in [0.25, 0.3) is 0 Å². The Kier molecular flexibility index (Phi) is 4.88. The SMILES string of the molecule is O=C(O)CCc1c(Br)cccc1SC(F)(F)F. The molecule has 1 rings (SSSR count). The number of carbonyl (C=O) groups is 1. The van der Waals surface area contributed by atoms with Gasteiger partial charge in [0.25, 0.3) is 0 Å². The van der Waals surface area contributed by atoms with Crippen molar-refractivity contribution < 1.29 is 23.1 Å². The summed E-state index contributed by atoms with van der Waals surface area (Å²) in [5, 5.41) is 8.54. The van der Waals surface area contributed by atoms with E-state index in [0.29, 0.717) is 10.0 Å². The summed E-state index contributed by atoms with van der Waals surface area (Å²) in [5.74, 6) is -1.04. The number of thioether (sulfide) groups is 1. The van der Waals surface area contributed by atoms with Crippen LogP contribution in [0.3, 0.4) is 0 Å². The maximum atomic E-state index is 12.3. The Morgan fingerprint density at radius 3 is 2.59 bits per heavy atom. The fourth-order valence-electron chi connectivity index (χ4n) is 1.23. The van der Waals surface area contributed by atoms with E-state index in [0.717, 1.165) is 0 Å². The summed E-state index contributed by atoms with van der Waals surface area (Å²) in [7, 11) is 0. The molecule has 0 radical (unpaired) electrons. The van der Waals surface area contributed by atoms with Gasteiger partial charge in [-0.15, -0.1) is 0 Å². The third-order valence-corrected chi connectivity index (χ3v) is 3.47. The first-order valence-electron chi connectivity index (χ1n) is 4.54. The number of rotatable bonds is 4. The minimum absolute atomic E-state index is 0.0353. The standard InChI is InChI=1S/C10H8BrF3O2S/c11-7-2-1-3-8(17-10(12,13)14)6(7)4-5-9(15)16/h1-3H,4-5H2,(H,15,16). The first kappa shape index (κ1) is 14.4. The normalized spacial score (nSPS) is 11.5. The molecule has 1 aromatic rings. The van der Waals surface area contributed by atoms with E-state index in [2.05, 4.69) is 15.9 Å². The molecule has 0 aromatic heterocycles. The molecule has 17 heavy (non-hydrogen) atoms. The summed E-state index contributed by atoms with van der Waals surface area (Å²) in [6.45, 7) is 0. The van der Waals surface area contributed by atoms with Gasteiger partial charge in [0.2, 0.25) is 0 Å². The molecule has 0 heterocycles. The Morgan fingerprint density at radius 1 is 1.41 bits per heavy atom. The molecule has 94 valence electrons. The second-order valence-corrected chi connectivity index (χ2v) is 5.12. The van der Waals surface area contributed by atoms with Gasteiger partial charge < -0.3 is 5.11 Å². The van der Waals surface area contributed by atoms with E-state index >= 15 is 0 Å². The molecule has 0 saturated carbocycles. The summed E-state index contributed by atoms with van der Waals surface area (Å²) in [6.07, 6.45) is -0.136. The highest BCUT2D eigenvalue weighted by Gasteiger charge is 2.30. The lowest BCUT2D eigenvalue weighted by molar-refractivity contribution is -0.136. The van der Waals surface area contributed by atoms with Crippen LogP contribution in [0.15, 0.2) is 27.6 Å². The van der Waals surface area contributed by atoms with E-state index in [-0.39, 0.29) is 29.5 Å². The number of aliphatic carboxylic acids is 1. The van der Waals surface area contributed by atoms with Crippen molar-refractivity contribution >= 4 is 33.7 Å². The maximum Gasteiger partial charge on any atom is 0.446 e. The zero-order valence-electron chi connectivity index (χ0n) is 8.42. The lowest BCUT2D eigenvalue weighted by Gasteiger charge is -2.12. The molecule has 0 unspecified atom stereocenters. The van der Waals surface area contributed by atoms with Crippen molar-refractivity contribution in [2.24, 2.45) is 0 Å². The second kappa shape index (κ2) is 5.77. The first-order chi connectivity index (χ1) is 7.79. The molecule has 0 saturated heterocycles. The van der Waals surface area contributed by atoms with Crippen molar-refractivity contribution in [2.45, 2.75) is 23.2 Å². The zero-order chi connectivity index (χ0) is 13.1. The summed E-state index contributed by atoms with van der Waals surface area (Å²) in [5.41, 5.74) is -4.00. The van der Waals surface area contributed by atoms with E-state index in [9.17, 15) is 18.0 Å². The number of carboxylic acids is 1. The number of alkyl halides is 3. The zero-order valence-corrected chi connectivity index (χ0v) is 10.8. The van der Waals surface area contributed by atoms with Crippen LogP contribution in [0.1, 0.15) is 12.0 Å². The van der Waals surface area contributed by atoms with E-state index in [1.54, 1.807) is 6.07 Å². The third kappa shape index (κ3) is 4.99. The molecular formula is C10H8BrF3O2S. The molecule has 0 atom stereocenters. The Bertz CT molecular complexity index is 421. The molecular weight excluding hydrogens is 321 g/mol. The van der Waals surface area contributed by atoms with Crippen LogP contribution in [0, 0.1) is 0 Å². The minimum Gasteiger partial charge on any atom is -0.481 e. The number of benzene rings is 1. The van der Waals surface area contributed by atoms with Gasteiger partial charge in [0.1, 0.15) is 0 Å². The van der Waals surface area contributed by atoms with E-state index in [1.165, 1.54) is 12.1 Å². The Labute approximate surface area is 108 Å². The van der Waals surface area contributed by atoms with Crippen molar-refractivity contribution in [1.29, 1.82) is 0 Å². The molecule has 0 aliphatic carbocycles. The van der Waals surface area contributed by atoms with Crippen LogP contribution in [0.4, 0.5) is 13.2 Å². The smallest absolute Gasteiger partial charge is 0.446 e. The van der Waals surface area contributed by atoms with Gasteiger partial charge in [0.05, 0.1) is 0 Å². The summed E-state index contributed by atoms with van der Waals surface area (Å²) in [6, 6.07) is 4.42. The van der Waals surface area contributed by atoms with Crippen LogP contribution in [0.2, 0.25) is 0 Å². The highest BCUT2D eigenvalue weighted by molar-refractivity contribution is 9.10. The van der Waals surface area contributed by atoms with Crippen LogP contribution >= 0.6 is 27.7 Å². The maximum absolute atomic E-state index is 12.3. The average Bonchev–Trinajstić information content (AvgIpc) is 2.13. The minimum atomic E-state index is -4.38. The van der Waals surface area contributed by atoms with Crippen molar-refractivity contribution in [1.82, 2.24) is 0 Å². The lowest BCUT2D eigenvalue weighted by atomic mass is 10.1. The third-order valence-electron chi connectivity index (χ3n) is 1.89. The van der Waals surface area contributed by atoms with E-state index in [1.807, 2.05) is 0 Å². The predicted molar refractivity (Wildman–Crippen MR) is 62.0 cm³/mol. The highest BCUT2D eigenvalue weighted by Crippen LogP contribution is 2.40. The summed E-state index contributed by atoms with van der Waals surface area (Å²) >= 11 is 2.90. The Hall–Kier alpha value is -0.690. The van der Waals surface area contributed by atoms with Crippen LogP contribution < -0.4 is 0 Å². The molecule has 1 aromatic carbocycles. The molecule has 1 N–H and O–H groups in total. The summed E-state index contributed by atoms with van der Waals surface area (Å²) in [4.78, 5) is 10.5. The van der Waals surface area contributed by atoms with Gasteiger partial charge in [-0.2, -0.15) is 13.2 Å². The predicted octanol–water partition coefficient (Wildman–Crippen LogP) is 4.08. The molecule has 7 heteroatoms. The Morgan fingerprint density at radius 2 is 2.06 bits per heavy atom. The van der Waals surface area contributed by atoms with Crippen LogP contribution in [0.5, 0.6) is 0 Å². The molecule has 0 amide bonds. The van der Waals surface area contributed by atoms with Crippen molar-refractivity contribution in [3.05, 3.63) is 28.2 Å². The first-order valence-corrected chi connectivity index (χ1v) is 6.15. The molecule has 0 aliphatic rings. The Balaban J connectivity index is 2.96. The molecule has 0 spiro atoms. The fourth-order valence-corrected chi connectivity index (χ4v) is 2.66. The van der Waals surface area contributed by atoms with Gasteiger partial charge in [-0.25, -0.2) is 0 Å². The van der Waals surface area contributed by atoms with Gasteiger partial charge in [-0.05, 0) is 35.9 Å². The molecule has 0 bridgehead atoms. The van der Waals surface area contributed by atoms with Gasteiger partial charge >= 0.3 is 11.5 Å². The second-order valence-electron chi connectivity index (χ2n) is 3.16. The molecule has 0 aliphatic heterocycles. The number of hydrogen-bond donors (Lipinski definition) is 1. The van der Waals surface area contributed by atoms with Gasteiger partial charge in [-0.3, -0.25) is 4.79 Å². The van der Waals surface area contributed by atoms with Crippen molar-refractivity contribution in [3.8, 4) is 0 Å². The number of halogens is 4. The van der Waals surface area contributed by atoms with Crippen LogP contribution in [-0.4, -0.2) is 16.6 Å². The molecule has 0 fully saturated rings.